The predicted octanol–water partition coefficient (Wildman–Crippen LogP) is 2.67. The average Bonchev–Trinajstić information content (AvgIpc) is 2.54. The summed E-state index contributed by atoms with van der Waals surface area (Å²) in [5, 5.41) is 17.0. The molecule has 0 spiro atoms. The fourth-order valence-corrected chi connectivity index (χ4v) is 2.41. The molecule has 112 valence electrons. The van der Waals surface area contributed by atoms with Crippen molar-refractivity contribution in [3.05, 3.63) is 53.3 Å². The molecule has 0 radical (unpaired) electrons. The smallest absolute Gasteiger partial charge is 0.240 e. The highest BCUT2D eigenvalue weighted by atomic mass is 15.2. The number of nitrogens with two attached hydrogens (primary N) is 1. The molecule has 0 aliphatic heterocycles. The lowest BCUT2D eigenvalue weighted by Gasteiger charge is -2.09. The molecule has 3 aromatic rings. The molecule has 0 atom stereocenters. The van der Waals surface area contributed by atoms with Crippen LogP contribution in [-0.2, 0) is 0 Å². The van der Waals surface area contributed by atoms with Gasteiger partial charge in [-0.15, -0.1) is 10.2 Å². The number of hydrogen-bond donors (Lipinski definition) is 1. The first-order valence-corrected chi connectivity index (χ1v) is 7.03. The molecule has 2 heterocycles. The van der Waals surface area contributed by atoms with Crippen molar-refractivity contribution in [1.29, 1.82) is 5.26 Å². The van der Waals surface area contributed by atoms with E-state index in [0.29, 0.717) is 17.0 Å². The molecule has 6 heteroatoms. The highest BCUT2D eigenvalue weighted by Gasteiger charge is 2.14. The second-order valence-corrected chi connectivity index (χ2v) is 5.19. The van der Waals surface area contributed by atoms with Crippen LogP contribution in [0.5, 0.6) is 0 Å². The molecule has 0 aliphatic carbocycles. The van der Waals surface area contributed by atoms with Gasteiger partial charge >= 0.3 is 0 Å². The first-order valence-electron chi connectivity index (χ1n) is 7.03. The number of nitrogens with zero attached hydrogens (tertiary/aromatic N) is 5. The maximum Gasteiger partial charge on any atom is 0.240 e. The van der Waals surface area contributed by atoms with Crippen molar-refractivity contribution in [2.24, 2.45) is 0 Å². The standard InChI is InChI=1S/C17H14N6/c1-10-7-14(8-11(2)20-10)16-15(21-17(19)23-22-16)13-5-3-12(9-18)4-6-13/h3-8H,1-2H3,(H2,19,21,23). The van der Waals surface area contributed by atoms with Crippen LogP contribution in [0.25, 0.3) is 22.5 Å². The Hall–Kier alpha value is -3.33. The monoisotopic (exact) mass is 302 g/mol. The van der Waals surface area contributed by atoms with Crippen LogP contribution in [0.4, 0.5) is 5.95 Å². The van der Waals surface area contributed by atoms with Crippen molar-refractivity contribution < 1.29 is 0 Å². The number of nitrogen functional groups attached to an aromatic ring is 1. The van der Waals surface area contributed by atoms with Crippen LogP contribution in [0, 0.1) is 25.2 Å². The lowest BCUT2D eigenvalue weighted by molar-refractivity contribution is 0.994. The van der Waals surface area contributed by atoms with Crippen LogP contribution < -0.4 is 5.73 Å². The third kappa shape index (κ3) is 2.99. The van der Waals surface area contributed by atoms with Crippen molar-refractivity contribution >= 4 is 5.95 Å². The third-order valence-corrected chi connectivity index (χ3v) is 3.35. The fourth-order valence-electron chi connectivity index (χ4n) is 2.41. The minimum atomic E-state index is 0.107. The molecule has 1 aromatic carbocycles. The summed E-state index contributed by atoms with van der Waals surface area (Å²) in [5.74, 6) is 0.107. The summed E-state index contributed by atoms with van der Waals surface area (Å²) < 4.78 is 0. The van der Waals surface area contributed by atoms with E-state index in [1.807, 2.05) is 38.1 Å². The van der Waals surface area contributed by atoms with Gasteiger partial charge in [0.2, 0.25) is 5.95 Å². The Balaban J connectivity index is 2.20. The van der Waals surface area contributed by atoms with Crippen LogP contribution in [-0.4, -0.2) is 20.2 Å². The van der Waals surface area contributed by atoms with Crippen LogP contribution in [0.1, 0.15) is 17.0 Å². The molecular formula is C17H14N6. The van der Waals surface area contributed by atoms with Crippen molar-refractivity contribution in [1.82, 2.24) is 20.2 Å². The Labute approximate surface area is 133 Å². The van der Waals surface area contributed by atoms with Gasteiger partial charge < -0.3 is 5.73 Å². The van der Waals surface area contributed by atoms with Gasteiger partial charge in [0.05, 0.1) is 11.6 Å². The minimum absolute atomic E-state index is 0.107. The minimum Gasteiger partial charge on any atom is -0.366 e. The molecule has 0 aliphatic rings. The number of hydrogen-bond acceptors (Lipinski definition) is 6. The topological polar surface area (TPSA) is 101 Å². The van der Waals surface area contributed by atoms with Crippen molar-refractivity contribution in [3.63, 3.8) is 0 Å². The molecule has 3 rings (SSSR count). The Morgan fingerprint density at radius 2 is 1.52 bits per heavy atom. The van der Waals surface area contributed by atoms with E-state index in [1.54, 1.807) is 12.1 Å². The second kappa shape index (κ2) is 5.81. The van der Waals surface area contributed by atoms with E-state index in [4.69, 9.17) is 11.0 Å². The van der Waals surface area contributed by atoms with Crippen molar-refractivity contribution in [2.45, 2.75) is 13.8 Å². The van der Waals surface area contributed by atoms with Gasteiger partial charge in [-0.2, -0.15) is 5.26 Å². The number of rotatable bonds is 2. The predicted molar refractivity (Wildman–Crippen MR) is 87.1 cm³/mol. The molecule has 0 unspecified atom stereocenters. The summed E-state index contributed by atoms with van der Waals surface area (Å²) in [4.78, 5) is 8.71. The van der Waals surface area contributed by atoms with Gasteiger partial charge in [-0.05, 0) is 38.1 Å². The molecule has 0 amide bonds. The SMILES string of the molecule is Cc1cc(-c2nnc(N)nc2-c2ccc(C#N)cc2)cc(C)n1. The lowest BCUT2D eigenvalue weighted by atomic mass is 10.0. The van der Waals surface area contributed by atoms with E-state index in [1.165, 1.54) is 0 Å². The van der Waals surface area contributed by atoms with E-state index >= 15 is 0 Å². The zero-order valence-electron chi connectivity index (χ0n) is 12.8. The first-order chi connectivity index (χ1) is 11.1. The zero-order valence-corrected chi connectivity index (χ0v) is 12.8. The zero-order chi connectivity index (χ0) is 16.4. The molecule has 0 bridgehead atoms. The Morgan fingerprint density at radius 1 is 0.870 bits per heavy atom. The summed E-state index contributed by atoms with van der Waals surface area (Å²) in [5.41, 5.74) is 11.1. The highest BCUT2D eigenvalue weighted by molar-refractivity contribution is 5.78. The number of anilines is 1. The number of aromatic nitrogens is 4. The largest absolute Gasteiger partial charge is 0.366 e. The molecule has 6 nitrogen and oxygen atoms in total. The van der Waals surface area contributed by atoms with E-state index in [-0.39, 0.29) is 5.95 Å². The average molecular weight is 302 g/mol. The Kier molecular flexibility index (Phi) is 3.69. The third-order valence-electron chi connectivity index (χ3n) is 3.35. The van der Waals surface area contributed by atoms with Crippen LogP contribution in [0.3, 0.4) is 0 Å². The molecule has 0 saturated carbocycles. The van der Waals surface area contributed by atoms with Gasteiger partial charge in [-0.25, -0.2) is 4.98 Å². The summed E-state index contributed by atoms with van der Waals surface area (Å²) in [6, 6.07) is 13.1. The van der Waals surface area contributed by atoms with E-state index in [9.17, 15) is 0 Å². The van der Waals surface area contributed by atoms with Gasteiger partial charge in [0.1, 0.15) is 11.4 Å². The summed E-state index contributed by atoms with van der Waals surface area (Å²) >= 11 is 0. The van der Waals surface area contributed by atoms with Gasteiger partial charge in [0.25, 0.3) is 0 Å². The van der Waals surface area contributed by atoms with Crippen molar-refractivity contribution in [2.75, 3.05) is 5.73 Å². The Morgan fingerprint density at radius 3 is 2.13 bits per heavy atom. The van der Waals surface area contributed by atoms with Crippen LogP contribution >= 0.6 is 0 Å². The second-order valence-electron chi connectivity index (χ2n) is 5.19. The summed E-state index contributed by atoms with van der Waals surface area (Å²) in [6.45, 7) is 3.85. The fraction of sp³-hybridized carbons (Fsp3) is 0.118. The summed E-state index contributed by atoms with van der Waals surface area (Å²) in [7, 11) is 0. The molecule has 0 saturated heterocycles. The van der Waals surface area contributed by atoms with Gasteiger partial charge in [-0.1, -0.05) is 12.1 Å². The number of aryl methyl sites for hydroxylation is 2. The molecule has 23 heavy (non-hydrogen) atoms. The molecule has 2 N–H and O–H groups in total. The maximum atomic E-state index is 8.92. The Bertz CT molecular complexity index is 889. The highest BCUT2D eigenvalue weighted by Crippen LogP contribution is 2.29. The first kappa shape index (κ1) is 14.6. The van der Waals surface area contributed by atoms with E-state index in [0.717, 1.165) is 22.5 Å². The van der Waals surface area contributed by atoms with Crippen molar-refractivity contribution in [3.8, 4) is 28.6 Å². The number of benzene rings is 1. The van der Waals surface area contributed by atoms with Crippen LogP contribution in [0.15, 0.2) is 36.4 Å². The maximum absolute atomic E-state index is 8.92. The number of pyridine rings is 1. The van der Waals surface area contributed by atoms with E-state index in [2.05, 4.69) is 26.2 Å². The molecular weight excluding hydrogens is 288 g/mol. The van der Waals surface area contributed by atoms with Gasteiger partial charge in [-0.3, -0.25) is 4.98 Å². The summed E-state index contributed by atoms with van der Waals surface area (Å²) in [6.07, 6.45) is 0. The van der Waals surface area contributed by atoms with E-state index < -0.39 is 0 Å². The lowest BCUT2D eigenvalue weighted by Crippen LogP contribution is -2.03. The normalized spacial score (nSPS) is 10.3. The van der Waals surface area contributed by atoms with Crippen LogP contribution in [0.2, 0.25) is 0 Å². The quantitative estimate of drug-likeness (QED) is 0.781. The van der Waals surface area contributed by atoms with Gasteiger partial charge in [0, 0.05) is 22.5 Å². The number of nitriles is 1. The molecule has 0 fully saturated rings. The molecule has 2 aromatic heterocycles. The van der Waals surface area contributed by atoms with Gasteiger partial charge in [0.15, 0.2) is 0 Å².